The average molecular weight is 677 g/mol. The summed E-state index contributed by atoms with van der Waals surface area (Å²) in [6.07, 6.45) is 1.29. The second kappa shape index (κ2) is 12.7. The van der Waals surface area contributed by atoms with E-state index in [9.17, 15) is 9.59 Å². The number of ether oxygens (including phenoxy) is 2. The molecule has 4 unspecified atom stereocenters. The van der Waals surface area contributed by atoms with E-state index in [0.717, 1.165) is 67.1 Å². The summed E-state index contributed by atoms with van der Waals surface area (Å²) in [5.41, 5.74) is 8.87. The van der Waals surface area contributed by atoms with E-state index in [4.69, 9.17) is 29.4 Å². The van der Waals surface area contributed by atoms with Crippen molar-refractivity contribution in [2.24, 2.45) is 11.8 Å². The summed E-state index contributed by atoms with van der Waals surface area (Å²) in [7, 11) is 0. The molecule has 8 heteroatoms. The topological polar surface area (TPSA) is 104 Å². The highest BCUT2D eigenvalue weighted by molar-refractivity contribution is 5.87. The summed E-state index contributed by atoms with van der Waals surface area (Å²) >= 11 is 0. The van der Waals surface area contributed by atoms with E-state index in [2.05, 4.69) is 24.3 Å². The molecule has 8 nitrogen and oxygen atoms in total. The van der Waals surface area contributed by atoms with Gasteiger partial charge in [0.15, 0.2) is 0 Å². The highest BCUT2D eigenvalue weighted by Gasteiger charge is 2.57. The molecule has 0 saturated carbocycles. The second-order valence-corrected chi connectivity index (χ2v) is 14.0. The summed E-state index contributed by atoms with van der Waals surface area (Å²) in [5.74, 6) is -1.47. The number of nitrogens with zero attached hydrogens (tertiary/aromatic N) is 4. The van der Waals surface area contributed by atoms with Gasteiger partial charge in [0.25, 0.3) is 0 Å². The third-order valence-electron chi connectivity index (χ3n) is 10.7. The van der Waals surface area contributed by atoms with E-state index in [-0.39, 0.29) is 25.2 Å². The van der Waals surface area contributed by atoms with E-state index in [1.54, 1.807) is 0 Å². The molecular weight excluding hydrogens is 636 g/mol. The maximum absolute atomic E-state index is 13.6. The number of hydrogen-bond donors (Lipinski definition) is 0. The summed E-state index contributed by atoms with van der Waals surface area (Å²) < 4.78 is 11.3. The molecule has 8 rings (SSSR count). The Morgan fingerprint density at radius 1 is 0.549 bits per heavy atom. The lowest BCUT2D eigenvalue weighted by Crippen LogP contribution is -2.42. The maximum Gasteiger partial charge on any atom is 0.308 e. The molecule has 51 heavy (non-hydrogen) atoms. The van der Waals surface area contributed by atoms with E-state index < -0.39 is 22.7 Å². The van der Waals surface area contributed by atoms with Crippen molar-refractivity contribution in [1.29, 1.82) is 0 Å². The Morgan fingerprint density at radius 2 is 0.902 bits per heavy atom. The van der Waals surface area contributed by atoms with Crippen molar-refractivity contribution in [2.75, 3.05) is 13.2 Å². The molecule has 2 heterocycles. The van der Waals surface area contributed by atoms with Gasteiger partial charge in [0, 0.05) is 22.0 Å². The van der Waals surface area contributed by atoms with Crippen molar-refractivity contribution >= 4 is 34.0 Å². The zero-order chi connectivity index (χ0) is 35.3. The SMILES string of the molecule is CCOC(=O)C(C)CC1(CC2(CC(C)C(=O)OCC)c3ccccc3-c3nc4ccccc4nc32)c2ccccc2-c2nc3ccccc3nc21. The molecule has 0 spiro atoms. The van der Waals surface area contributed by atoms with E-state index in [0.29, 0.717) is 19.3 Å². The quantitative estimate of drug-likeness (QED) is 0.133. The minimum atomic E-state index is -0.828. The third-order valence-corrected chi connectivity index (χ3v) is 10.7. The number of aromatic nitrogens is 4. The van der Waals surface area contributed by atoms with Crippen molar-refractivity contribution in [3.05, 3.63) is 120 Å². The highest BCUT2D eigenvalue weighted by atomic mass is 16.5. The minimum Gasteiger partial charge on any atom is -0.466 e. The zero-order valence-corrected chi connectivity index (χ0v) is 29.3. The molecule has 2 aliphatic rings. The van der Waals surface area contributed by atoms with Gasteiger partial charge >= 0.3 is 11.9 Å². The predicted octanol–water partition coefficient (Wildman–Crippen LogP) is 8.37. The van der Waals surface area contributed by atoms with Crippen LogP contribution in [0.1, 0.15) is 69.5 Å². The van der Waals surface area contributed by atoms with Gasteiger partial charge in [-0.2, -0.15) is 0 Å². The van der Waals surface area contributed by atoms with Gasteiger partial charge in [0.05, 0.1) is 69.9 Å². The van der Waals surface area contributed by atoms with Crippen molar-refractivity contribution in [3.63, 3.8) is 0 Å². The van der Waals surface area contributed by atoms with E-state index in [1.165, 1.54) is 0 Å². The molecule has 0 bridgehead atoms. The minimum absolute atomic E-state index is 0.261. The van der Waals surface area contributed by atoms with Gasteiger partial charge in [-0.25, -0.2) is 19.9 Å². The van der Waals surface area contributed by atoms with Gasteiger partial charge in [-0.3, -0.25) is 9.59 Å². The second-order valence-electron chi connectivity index (χ2n) is 14.0. The van der Waals surface area contributed by atoms with Crippen LogP contribution in [0.15, 0.2) is 97.1 Å². The average Bonchev–Trinajstić information content (AvgIpc) is 3.55. The molecule has 0 fully saturated rings. The Hall–Kier alpha value is -5.50. The standard InChI is InChI=1S/C43H40N4O4/c1-5-50-40(48)26(3)23-42(30-17-9-7-15-28(30)36-38(42)46-34-21-13-11-19-32(34)44-36)25-43(24-27(4)41(49)51-6-2)31-18-10-8-16-29(31)37-39(43)47-35-22-14-12-20-33(35)45-37/h7-22,26-27H,5-6,23-25H2,1-4H3. The largest absolute Gasteiger partial charge is 0.466 e. The summed E-state index contributed by atoms with van der Waals surface area (Å²) in [6, 6.07) is 32.5. The zero-order valence-electron chi connectivity index (χ0n) is 29.3. The first-order valence-electron chi connectivity index (χ1n) is 17.9. The number of carbonyl (C=O) groups excluding carboxylic acids is 2. The van der Waals surface area contributed by atoms with Crippen LogP contribution in [0.5, 0.6) is 0 Å². The molecule has 2 aromatic heterocycles. The Kier molecular flexibility index (Phi) is 8.13. The molecule has 256 valence electrons. The lowest BCUT2D eigenvalue weighted by Gasteiger charge is -2.43. The number of fused-ring (bicyclic) bond motifs is 8. The van der Waals surface area contributed by atoms with Crippen LogP contribution in [-0.2, 0) is 29.9 Å². The summed E-state index contributed by atoms with van der Waals surface area (Å²) in [5, 5.41) is 0. The van der Waals surface area contributed by atoms with Gasteiger partial charge < -0.3 is 9.47 Å². The fraction of sp³-hybridized carbons (Fsp3) is 0.302. The van der Waals surface area contributed by atoms with Gasteiger partial charge in [0.1, 0.15) is 0 Å². The number of benzene rings is 4. The monoisotopic (exact) mass is 676 g/mol. The molecule has 4 atom stereocenters. The molecule has 4 aromatic carbocycles. The fourth-order valence-corrected chi connectivity index (χ4v) is 8.72. The first-order chi connectivity index (χ1) is 24.8. The molecule has 0 aliphatic heterocycles. The molecule has 0 amide bonds. The lowest BCUT2D eigenvalue weighted by atomic mass is 9.60. The maximum atomic E-state index is 13.6. The normalized spacial score (nSPS) is 19.5. The highest BCUT2D eigenvalue weighted by Crippen LogP contribution is 2.62. The first-order valence-corrected chi connectivity index (χ1v) is 17.9. The number of para-hydroxylation sites is 4. The smallest absolute Gasteiger partial charge is 0.308 e. The van der Waals surface area contributed by atoms with Crippen LogP contribution in [-0.4, -0.2) is 45.1 Å². The van der Waals surface area contributed by atoms with E-state index in [1.807, 2.05) is 100 Å². The number of esters is 2. The van der Waals surface area contributed by atoms with Crippen LogP contribution >= 0.6 is 0 Å². The fourth-order valence-electron chi connectivity index (χ4n) is 8.72. The molecule has 6 aromatic rings. The van der Waals surface area contributed by atoms with Crippen molar-refractivity contribution in [1.82, 2.24) is 19.9 Å². The Bertz CT molecular complexity index is 2180. The lowest BCUT2D eigenvalue weighted by molar-refractivity contribution is -0.148. The van der Waals surface area contributed by atoms with Crippen LogP contribution < -0.4 is 0 Å². The molecule has 0 N–H and O–H groups in total. The van der Waals surface area contributed by atoms with Crippen LogP contribution in [0.4, 0.5) is 0 Å². The van der Waals surface area contributed by atoms with Gasteiger partial charge in [-0.05, 0) is 68.5 Å². The Labute approximate surface area is 297 Å². The van der Waals surface area contributed by atoms with Crippen molar-refractivity contribution in [2.45, 2.75) is 57.8 Å². The number of rotatable bonds is 10. The Morgan fingerprint density at radius 3 is 1.29 bits per heavy atom. The number of carbonyl (C=O) groups is 2. The van der Waals surface area contributed by atoms with Crippen LogP contribution in [0.25, 0.3) is 44.6 Å². The van der Waals surface area contributed by atoms with Gasteiger partial charge in [-0.1, -0.05) is 86.6 Å². The molecular formula is C43H40N4O4. The van der Waals surface area contributed by atoms with Gasteiger partial charge in [0.2, 0.25) is 0 Å². The summed E-state index contributed by atoms with van der Waals surface area (Å²) in [4.78, 5) is 48.5. The van der Waals surface area contributed by atoms with Crippen LogP contribution in [0.2, 0.25) is 0 Å². The van der Waals surface area contributed by atoms with Crippen molar-refractivity contribution < 1.29 is 19.1 Å². The molecule has 2 aliphatic carbocycles. The van der Waals surface area contributed by atoms with Crippen molar-refractivity contribution in [3.8, 4) is 22.5 Å². The van der Waals surface area contributed by atoms with Gasteiger partial charge in [-0.15, -0.1) is 0 Å². The van der Waals surface area contributed by atoms with Crippen LogP contribution in [0, 0.1) is 11.8 Å². The summed E-state index contributed by atoms with van der Waals surface area (Å²) in [6.45, 7) is 8.12. The molecule has 0 saturated heterocycles. The molecule has 0 radical (unpaired) electrons. The Balaban J connectivity index is 1.45. The van der Waals surface area contributed by atoms with Crippen LogP contribution in [0.3, 0.4) is 0 Å². The third kappa shape index (κ3) is 5.19. The number of hydrogen-bond acceptors (Lipinski definition) is 8. The van der Waals surface area contributed by atoms with E-state index >= 15 is 0 Å². The first kappa shape index (κ1) is 32.7. The predicted molar refractivity (Wildman–Crippen MR) is 197 cm³/mol.